The maximum Gasteiger partial charge on any atom is 0.326 e. The lowest BCUT2D eigenvalue weighted by Gasteiger charge is -2.28. The highest BCUT2D eigenvalue weighted by atomic mass is 16.4. The first-order chi connectivity index (χ1) is 24.1. The summed E-state index contributed by atoms with van der Waals surface area (Å²) < 4.78 is 0. The van der Waals surface area contributed by atoms with Gasteiger partial charge in [0.2, 0.25) is 23.6 Å². The molecule has 0 radical (unpaired) electrons. The van der Waals surface area contributed by atoms with Crippen LogP contribution in [0.15, 0.2) is 30.3 Å². The Bertz CT molecular complexity index is 1150. The SMILES string of the molecule is CCCCCCCCCCCCCCCCCCCC(=O)N[C@@H](C)C(=O)N[C@@H](C)C(=O)N1CCC[C@H]1C(=O)N[C@@H](Cc1ccccc1)C(=O)O. The summed E-state index contributed by atoms with van der Waals surface area (Å²) in [6.45, 7) is 5.73. The van der Waals surface area contributed by atoms with Crippen LogP contribution in [0.4, 0.5) is 0 Å². The van der Waals surface area contributed by atoms with Crippen LogP contribution in [-0.4, -0.2) is 70.3 Å². The topological polar surface area (TPSA) is 145 Å². The molecular formula is C40H66N4O6. The molecule has 1 aromatic carbocycles. The van der Waals surface area contributed by atoms with Gasteiger partial charge in [-0.25, -0.2) is 4.79 Å². The van der Waals surface area contributed by atoms with Crippen LogP contribution in [0, 0.1) is 0 Å². The standard InChI is InChI=1S/C40H66N4O6/c1-4-5-6-7-8-9-10-11-12-13-14-15-16-17-18-19-23-28-36(45)41-31(2)37(46)42-32(3)39(48)44-29-24-27-35(44)38(47)43-34(40(49)50)30-33-25-21-20-22-26-33/h20-22,25-26,31-32,34-35H,4-19,23-24,27-30H2,1-3H3,(H,41,45)(H,42,46)(H,43,47)(H,49,50)/t31-,32-,34-,35-/m0/s1. The number of likely N-dealkylation sites (tertiary alicyclic amines) is 1. The third-order valence-corrected chi connectivity index (χ3v) is 9.74. The van der Waals surface area contributed by atoms with Gasteiger partial charge in [0.05, 0.1) is 0 Å². The molecule has 0 saturated carbocycles. The first-order valence-corrected chi connectivity index (χ1v) is 19.6. The molecule has 1 aromatic rings. The molecule has 4 atom stereocenters. The molecule has 1 heterocycles. The van der Waals surface area contributed by atoms with Gasteiger partial charge in [-0.2, -0.15) is 0 Å². The third-order valence-electron chi connectivity index (χ3n) is 9.74. The Labute approximate surface area is 301 Å². The van der Waals surface area contributed by atoms with Gasteiger partial charge in [0.1, 0.15) is 24.2 Å². The maximum absolute atomic E-state index is 13.3. The van der Waals surface area contributed by atoms with Crippen LogP contribution in [0.5, 0.6) is 0 Å². The molecule has 10 nitrogen and oxygen atoms in total. The minimum Gasteiger partial charge on any atom is -0.480 e. The Morgan fingerprint density at radius 2 is 1.24 bits per heavy atom. The summed E-state index contributed by atoms with van der Waals surface area (Å²) in [7, 11) is 0. The number of carboxylic acids is 1. The highest BCUT2D eigenvalue weighted by Gasteiger charge is 2.38. The minimum absolute atomic E-state index is 0.123. The van der Waals surface area contributed by atoms with E-state index in [0.29, 0.717) is 25.8 Å². The summed E-state index contributed by atoms with van der Waals surface area (Å²) in [6.07, 6.45) is 23.2. The van der Waals surface area contributed by atoms with Crippen molar-refractivity contribution in [3.05, 3.63) is 35.9 Å². The van der Waals surface area contributed by atoms with Crippen LogP contribution in [0.2, 0.25) is 0 Å². The minimum atomic E-state index is -1.15. The van der Waals surface area contributed by atoms with Gasteiger partial charge >= 0.3 is 5.97 Å². The molecule has 1 aliphatic heterocycles. The lowest BCUT2D eigenvalue weighted by Crippen LogP contribution is -2.56. The predicted octanol–water partition coefficient (Wildman–Crippen LogP) is 6.84. The number of carboxylic acid groups (broad SMARTS) is 1. The van der Waals surface area contributed by atoms with E-state index in [0.717, 1.165) is 24.8 Å². The zero-order chi connectivity index (χ0) is 36.6. The zero-order valence-corrected chi connectivity index (χ0v) is 31.2. The summed E-state index contributed by atoms with van der Waals surface area (Å²) in [5.41, 5.74) is 0.775. The van der Waals surface area contributed by atoms with E-state index in [4.69, 9.17) is 0 Å². The van der Waals surface area contributed by atoms with E-state index in [-0.39, 0.29) is 12.3 Å². The van der Waals surface area contributed by atoms with Crippen molar-refractivity contribution >= 4 is 29.6 Å². The molecule has 1 fully saturated rings. The molecule has 10 heteroatoms. The van der Waals surface area contributed by atoms with Crippen molar-refractivity contribution in [1.82, 2.24) is 20.9 Å². The number of rotatable bonds is 27. The number of carbonyl (C=O) groups excluding carboxylic acids is 4. The molecule has 0 spiro atoms. The van der Waals surface area contributed by atoms with E-state index >= 15 is 0 Å². The number of unbranched alkanes of at least 4 members (excludes halogenated alkanes) is 16. The van der Waals surface area contributed by atoms with Gasteiger partial charge in [0.25, 0.3) is 0 Å². The van der Waals surface area contributed by atoms with E-state index in [2.05, 4.69) is 22.9 Å². The van der Waals surface area contributed by atoms with E-state index in [1.54, 1.807) is 38.1 Å². The fourth-order valence-electron chi connectivity index (χ4n) is 6.66. The Morgan fingerprint density at radius 3 is 1.76 bits per heavy atom. The van der Waals surface area contributed by atoms with Crippen molar-refractivity contribution in [3.8, 4) is 0 Å². The van der Waals surface area contributed by atoms with Gasteiger partial charge in [0, 0.05) is 19.4 Å². The Morgan fingerprint density at radius 1 is 0.720 bits per heavy atom. The van der Waals surface area contributed by atoms with Crippen molar-refractivity contribution in [2.24, 2.45) is 0 Å². The van der Waals surface area contributed by atoms with Gasteiger partial charge in [0.15, 0.2) is 0 Å². The number of nitrogens with zero attached hydrogens (tertiary/aromatic N) is 1. The molecule has 0 bridgehead atoms. The molecular weight excluding hydrogens is 632 g/mol. The second-order valence-electron chi connectivity index (χ2n) is 14.2. The Balaban J connectivity index is 1.58. The third kappa shape index (κ3) is 17.5. The molecule has 0 aliphatic carbocycles. The highest BCUT2D eigenvalue weighted by Crippen LogP contribution is 2.20. The highest BCUT2D eigenvalue weighted by molar-refractivity contribution is 5.95. The smallest absolute Gasteiger partial charge is 0.326 e. The van der Waals surface area contributed by atoms with E-state index in [1.165, 1.54) is 94.8 Å². The van der Waals surface area contributed by atoms with Crippen LogP contribution in [-0.2, 0) is 30.4 Å². The summed E-state index contributed by atoms with van der Waals surface area (Å²) in [5.74, 6) is -2.77. The van der Waals surface area contributed by atoms with Crippen LogP contribution in [0.1, 0.15) is 155 Å². The lowest BCUT2D eigenvalue weighted by molar-refractivity contribution is -0.144. The molecule has 1 saturated heterocycles. The molecule has 4 N–H and O–H groups in total. The number of amides is 4. The molecule has 1 aliphatic rings. The normalized spacial score (nSPS) is 16.0. The molecule has 50 heavy (non-hydrogen) atoms. The van der Waals surface area contributed by atoms with Gasteiger partial charge in [-0.1, -0.05) is 140 Å². The number of benzene rings is 1. The predicted molar refractivity (Wildman–Crippen MR) is 198 cm³/mol. The van der Waals surface area contributed by atoms with Gasteiger partial charge in [-0.15, -0.1) is 0 Å². The average molecular weight is 699 g/mol. The summed E-state index contributed by atoms with van der Waals surface area (Å²) in [6, 6.07) is 5.35. The molecule has 0 aromatic heterocycles. The largest absolute Gasteiger partial charge is 0.480 e. The van der Waals surface area contributed by atoms with Gasteiger partial charge in [-0.05, 0) is 38.7 Å². The van der Waals surface area contributed by atoms with Crippen molar-refractivity contribution in [2.75, 3.05) is 6.54 Å². The number of nitrogens with one attached hydrogen (secondary N) is 3. The fraction of sp³-hybridized carbons (Fsp3) is 0.725. The van der Waals surface area contributed by atoms with E-state index in [9.17, 15) is 29.1 Å². The summed E-state index contributed by atoms with van der Waals surface area (Å²) in [4.78, 5) is 64.9. The summed E-state index contributed by atoms with van der Waals surface area (Å²) in [5, 5.41) is 17.7. The van der Waals surface area contributed by atoms with Gasteiger partial charge < -0.3 is 26.0 Å². The molecule has 0 unspecified atom stereocenters. The maximum atomic E-state index is 13.3. The fourth-order valence-corrected chi connectivity index (χ4v) is 6.66. The first kappa shape index (κ1) is 42.7. The quantitative estimate of drug-likeness (QED) is 0.0741. The number of carbonyl (C=O) groups is 5. The molecule has 282 valence electrons. The Kier molecular flexibility index (Phi) is 21.8. The van der Waals surface area contributed by atoms with Crippen molar-refractivity contribution in [2.45, 2.75) is 180 Å². The zero-order valence-electron chi connectivity index (χ0n) is 31.2. The van der Waals surface area contributed by atoms with Crippen LogP contribution < -0.4 is 16.0 Å². The van der Waals surface area contributed by atoms with E-state index in [1.807, 2.05) is 6.07 Å². The number of aliphatic carboxylic acids is 1. The number of hydrogen-bond acceptors (Lipinski definition) is 5. The molecule has 4 amide bonds. The number of hydrogen-bond donors (Lipinski definition) is 4. The van der Waals surface area contributed by atoms with Crippen molar-refractivity contribution in [1.29, 1.82) is 0 Å². The monoisotopic (exact) mass is 698 g/mol. The van der Waals surface area contributed by atoms with Crippen molar-refractivity contribution in [3.63, 3.8) is 0 Å². The van der Waals surface area contributed by atoms with Crippen molar-refractivity contribution < 1.29 is 29.1 Å². The molecule has 2 rings (SSSR count). The average Bonchev–Trinajstić information content (AvgIpc) is 3.59. The van der Waals surface area contributed by atoms with Crippen LogP contribution in [0.25, 0.3) is 0 Å². The Hall–Kier alpha value is -3.43. The van der Waals surface area contributed by atoms with E-state index < -0.39 is 47.9 Å². The second kappa shape index (κ2) is 25.5. The van der Waals surface area contributed by atoms with Gasteiger partial charge in [-0.3, -0.25) is 19.2 Å². The summed E-state index contributed by atoms with van der Waals surface area (Å²) >= 11 is 0. The first-order valence-electron chi connectivity index (χ1n) is 19.6. The van der Waals surface area contributed by atoms with Crippen LogP contribution in [0.3, 0.4) is 0 Å². The lowest BCUT2D eigenvalue weighted by atomic mass is 10.0. The van der Waals surface area contributed by atoms with Crippen LogP contribution >= 0.6 is 0 Å². The second-order valence-corrected chi connectivity index (χ2v) is 14.2.